The molecule has 0 saturated heterocycles. The first kappa shape index (κ1) is 13.0. The van der Waals surface area contributed by atoms with Gasteiger partial charge < -0.3 is 4.74 Å². The Morgan fingerprint density at radius 3 is 2.67 bits per heavy atom. The Labute approximate surface area is 102 Å². The van der Waals surface area contributed by atoms with Crippen LogP contribution < -0.4 is 4.74 Å². The van der Waals surface area contributed by atoms with Gasteiger partial charge in [0.05, 0.1) is 11.6 Å². The lowest BCUT2D eigenvalue weighted by Gasteiger charge is -2.14. The van der Waals surface area contributed by atoms with Crippen molar-refractivity contribution in [3.63, 3.8) is 0 Å². The highest BCUT2D eigenvalue weighted by molar-refractivity contribution is 9.10. The first-order valence-corrected chi connectivity index (χ1v) is 7.33. The molecule has 0 aromatic carbocycles. The molecule has 0 amide bonds. The smallest absolute Gasteiger partial charge is 0.256 e. The van der Waals surface area contributed by atoms with E-state index < -0.39 is 10.0 Å². The average molecular weight is 314 g/mol. The van der Waals surface area contributed by atoms with Crippen LogP contribution in [0.1, 0.15) is 6.92 Å². The summed E-state index contributed by atoms with van der Waals surface area (Å²) in [5.74, 6) is 0.375. The zero-order chi connectivity index (χ0) is 11.6. The van der Waals surface area contributed by atoms with Crippen LogP contribution in [0.4, 0.5) is 0 Å². The predicted molar refractivity (Wildman–Crippen MR) is 64.1 cm³/mol. The van der Waals surface area contributed by atoms with Crippen molar-refractivity contribution in [2.75, 3.05) is 20.7 Å². The zero-order valence-corrected chi connectivity index (χ0v) is 11.9. The molecule has 0 aliphatic rings. The number of methoxy groups -OCH3 is 1. The first-order valence-electron chi connectivity index (χ1n) is 4.22. The molecule has 0 aliphatic heterocycles. The van der Waals surface area contributed by atoms with E-state index >= 15 is 0 Å². The minimum atomic E-state index is -3.41. The Morgan fingerprint density at radius 2 is 2.20 bits per heavy atom. The van der Waals surface area contributed by atoms with E-state index in [-0.39, 0.29) is 4.21 Å². The quantitative estimate of drug-likeness (QED) is 0.855. The van der Waals surface area contributed by atoms with Gasteiger partial charge in [-0.25, -0.2) is 12.7 Å². The van der Waals surface area contributed by atoms with Crippen LogP contribution in [0.2, 0.25) is 0 Å². The summed E-state index contributed by atoms with van der Waals surface area (Å²) in [4.78, 5) is 0. The number of ether oxygens (including phenoxy) is 1. The maximum atomic E-state index is 12.0. The van der Waals surface area contributed by atoms with Gasteiger partial charge in [-0.3, -0.25) is 0 Å². The summed E-state index contributed by atoms with van der Waals surface area (Å²) in [6.45, 7) is 2.22. The number of hydrogen-bond donors (Lipinski definition) is 0. The molecule has 1 rings (SSSR count). The second kappa shape index (κ2) is 4.82. The molecule has 0 bridgehead atoms. The molecule has 1 heterocycles. The van der Waals surface area contributed by atoms with Crippen molar-refractivity contribution in [3.05, 3.63) is 9.85 Å². The molecule has 0 aliphatic carbocycles. The number of thiophene rings is 1. The Kier molecular flexibility index (Phi) is 4.16. The molecule has 0 spiro atoms. The van der Waals surface area contributed by atoms with Crippen molar-refractivity contribution in [2.24, 2.45) is 0 Å². The van der Waals surface area contributed by atoms with Gasteiger partial charge in [-0.1, -0.05) is 6.92 Å². The maximum absolute atomic E-state index is 12.0. The average Bonchev–Trinajstić information content (AvgIpc) is 2.58. The van der Waals surface area contributed by atoms with Crippen molar-refractivity contribution in [3.8, 4) is 5.75 Å². The maximum Gasteiger partial charge on any atom is 0.256 e. The van der Waals surface area contributed by atoms with E-state index in [1.54, 1.807) is 19.4 Å². The second-order valence-electron chi connectivity index (χ2n) is 2.82. The molecule has 1 aromatic heterocycles. The van der Waals surface area contributed by atoms with Crippen LogP contribution >= 0.6 is 27.3 Å². The molecular weight excluding hydrogens is 302 g/mol. The molecule has 1 aromatic rings. The van der Waals surface area contributed by atoms with Crippen LogP contribution in [0.3, 0.4) is 0 Å². The van der Waals surface area contributed by atoms with Crippen LogP contribution in [0, 0.1) is 0 Å². The molecule has 0 fully saturated rings. The number of hydrogen-bond acceptors (Lipinski definition) is 4. The molecular formula is C8H12BrNO3S2. The second-order valence-corrected chi connectivity index (χ2v) is 6.80. The molecule has 0 radical (unpaired) electrons. The summed E-state index contributed by atoms with van der Waals surface area (Å²) < 4.78 is 31.2. The third-order valence-corrected chi connectivity index (χ3v) is 6.26. The van der Waals surface area contributed by atoms with E-state index in [0.29, 0.717) is 16.8 Å². The number of sulfonamides is 1. The van der Waals surface area contributed by atoms with E-state index in [0.717, 1.165) is 11.3 Å². The SMILES string of the molecule is CCN(C)S(=O)(=O)c1scc(Br)c1OC. The predicted octanol–water partition coefficient (Wildman–Crippen LogP) is 2.16. The highest BCUT2D eigenvalue weighted by Crippen LogP contribution is 2.39. The highest BCUT2D eigenvalue weighted by Gasteiger charge is 2.27. The standard InChI is InChI=1S/C8H12BrNO3S2/c1-4-10(2)15(11,12)8-7(13-3)6(9)5-14-8/h5H,4H2,1-3H3. The number of halogens is 1. The van der Waals surface area contributed by atoms with Crippen LogP contribution in [-0.2, 0) is 10.0 Å². The van der Waals surface area contributed by atoms with Gasteiger partial charge in [-0.15, -0.1) is 11.3 Å². The summed E-state index contributed by atoms with van der Waals surface area (Å²) in [5, 5.41) is 1.70. The Balaban J connectivity index is 3.27. The minimum Gasteiger partial charge on any atom is -0.493 e. The van der Waals surface area contributed by atoms with Crippen LogP contribution in [0.25, 0.3) is 0 Å². The van der Waals surface area contributed by atoms with E-state index in [2.05, 4.69) is 15.9 Å². The lowest BCUT2D eigenvalue weighted by atomic mass is 10.6. The minimum absolute atomic E-state index is 0.237. The molecule has 0 atom stereocenters. The van der Waals surface area contributed by atoms with E-state index in [4.69, 9.17) is 4.74 Å². The van der Waals surface area contributed by atoms with Crippen molar-refractivity contribution >= 4 is 37.3 Å². The summed E-state index contributed by atoms with van der Waals surface area (Å²) in [7, 11) is -0.414. The normalized spacial score (nSPS) is 12.1. The summed E-state index contributed by atoms with van der Waals surface area (Å²) in [6.07, 6.45) is 0. The Hall–Kier alpha value is -0.110. The largest absolute Gasteiger partial charge is 0.493 e. The van der Waals surface area contributed by atoms with Gasteiger partial charge in [0.15, 0.2) is 9.96 Å². The fourth-order valence-corrected chi connectivity index (χ4v) is 4.56. The van der Waals surface area contributed by atoms with Crippen LogP contribution in [0.15, 0.2) is 14.1 Å². The zero-order valence-electron chi connectivity index (χ0n) is 8.65. The summed E-state index contributed by atoms with van der Waals surface area (Å²) in [6, 6.07) is 0. The van der Waals surface area contributed by atoms with Crippen molar-refractivity contribution < 1.29 is 13.2 Å². The van der Waals surface area contributed by atoms with Gasteiger partial charge in [0, 0.05) is 19.0 Å². The fraction of sp³-hybridized carbons (Fsp3) is 0.500. The van der Waals surface area contributed by atoms with Crippen molar-refractivity contribution in [1.82, 2.24) is 4.31 Å². The Bertz CT molecular complexity index is 441. The molecule has 0 unspecified atom stereocenters. The van der Waals surface area contributed by atoms with Gasteiger partial charge in [0.2, 0.25) is 0 Å². The Morgan fingerprint density at radius 1 is 1.60 bits per heavy atom. The van der Waals surface area contributed by atoms with E-state index in [9.17, 15) is 8.42 Å². The van der Waals surface area contributed by atoms with Gasteiger partial charge in [-0.05, 0) is 15.9 Å². The topological polar surface area (TPSA) is 46.6 Å². The van der Waals surface area contributed by atoms with E-state index in [1.165, 1.54) is 11.4 Å². The van der Waals surface area contributed by atoms with Crippen molar-refractivity contribution in [2.45, 2.75) is 11.1 Å². The lowest BCUT2D eigenvalue weighted by Crippen LogP contribution is -2.26. The monoisotopic (exact) mass is 313 g/mol. The summed E-state index contributed by atoms with van der Waals surface area (Å²) in [5.41, 5.74) is 0. The third-order valence-electron chi connectivity index (χ3n) is 1.97. The number of nitrogens with zero attached hydrogens (tertiary/aromatic N) is 1. The van der Waals surface area contributed by atoms with Gasteiger partial charge in [0.1, 0.15) is 0 Å². The lowest BCUT2D eigenvalue weighted by molar-refractivity contribution is 0.401. The molecule has 15 heavy (non-hydrogen) atoms. The molecule has 0 saturated carbocycles. The molecule has 86 valence electrons. The van der Waals surface area contributed by atoms with Gasteiger partial charge in [-0.2, -0.15) is 0 Å². The third kappa shape index (κ3) is 2.35. The fourth-order valence-electron chi connectivity index (χ4n) is 0.980. The first-order chi connectivity index (χ1) is 6.95. The van der Waals surface area contributed by atoms with E-state index in [1.807, 2.05) is 0 Å². The summed E-state index contributed by atoms with van der Waals surface area (Å²) >= 11 is 4.39. The molecule has 0 N–H and O–H groups in total. The van der Waals surface area contributed by atoms with Gasteiger partial charge in [0.25, 0.3) is 10.0 Å². The van der Waals surface area contributed by atoms with Crippen LogP contribution in [0.5, 0.6) is 5.75 Å². The van der Waals surface area contributed by atoms with Crippen molar-refractivity contribution in [1.29, 1.82) is 0 Å². The number of rotatable bonds is 4. The molecule has 4 nitrogen and oxygen atoms in total. The van der Waals surface area contributed by atoms with Crippen LogP contribution in [-0.4, -0.2) is 33.4 Å². The molecule has 7 heteroatoms. The van der Waals surface area contributed by atoms with Gasteiger partial charge >= 0.3 is 0 Å². The highest BCUT2D eigenvalue weighted by atomic mass is 79.9.